The molecule has 0 fully saturated rings. The van der Waals surface area contributed by atoms with E-state index in [4.69, 9.17) is 14.6 Å². The third-order valence-corrected chi connectivity index (χ3v) is 5.36. The Morgan fingerprint density at radius 3 is 2.55 bits per heavy atom. The summed E-state index contributed by atoms with van der Waals surface area (Å²) in [6.07, 6.45) is 0. The van der Waals surface area contributed by atoms with Crippen molar-refractivity contribution in [3.8, 4) is 17.2 Å². The van der Waals surface area contributed by atoms with Crippen molar-refractivity contribution in [2.24, 2.45) is 0 Å². The fourth-order valence-corrected chi connectivity index (χ4v) is 3.38. The van der Waals surface area contributed by atoms with Gasteiger partial charge in [0.15, 0.2) is 11.5 Å². The molecule has 1 amide bonds. The first-order valence-corrected chi connectivity index (χ1v) is 10.2. The molecule has 6 nitrogen and oxygen atoms in total. The number of nitrogens with zero attached hydrogens (tertiary/aromatic N) is 2. The van der Waals surface area contributed by atoms with E-state index in [0.29, 0.717) is 18.0 Å². The number of hydrogen-bond acceptors (Lipinski definition) is 4. The van der Waals surface area contributed by atoms with Crippen molar-refractivity contribution in [2.45, 2.75) is 45.6 Å². The number of carbonyl (C=O) groups excluding carboxylic acids is 1. The van der Waals surface area contributed by atoms with Gasteiger partial charge in [0.25, 0.3) is 0 Å². The van der Waals surface area contributed by atoms with Crippen LogP contribution in [-0.4, -0.2) is 22.5 Å². The number of carbonyl (C=O) groups is 1. The van der Waals surface area contributed by atoms with Crippen LogP contribution in [0.5, 0.6) is 11.5 Å². The largest absolute Gasteiger partial charge is 0.454 e. The quantitative estimate of drug-likeness (QED) is 0.658. The molecule has 2 aromatic carbocycles. The van der Waals surface area contributed by atoms with Gasteiger partial charge < -0.3 is 14.8 Å². The second-order valence-corrected chi connectivity index (χ2v) is 8.71. The van der Waals surface area contributed by atoms with Crippen LogP contribution in [-0.2, 0) is 16.8 Å². The van der Waals surface area contributed by atoms with Crippen molar-refractivity contribution in [2.75, 3.05) is 6.79 Å². The summed E-state index contributed by atoms with van der Waals surface area (Å²) in [6.45, 7) is 8.58. The Bertz CT molecular complexity index is 1100. The number of nitrogens with one attached hydrogen (secondary N) is 1. The molecule has 0 saturated carbocycles. The lowest BCUT2D eigenvalue weighted by Gasteiger charge is -2.14. The lowest BCUT2D eigenvalue weighted by atomic mass is 9.92. The Labute approximate surface area is 181 Å². The summed E-state index contributed by atoms with van der Waals surface area (Å²) < 4.78 is 25.9. The molecular weight excluding hydrogens is 397 g/mol. The highest BCUT2D eigenvalue weighted by Crippen LogP contribution is 2.34. The summed E-state index contributed by atoms with van der Waals surface area (Å²) in [4.78, 5) is 12.9. The molecule has 1 unspecified atom stereocenters. The maximum absolute atomic E-state index is 13.4. The van der Waals surface area contributed by atoms with Gasteiger partial charge in [-0.15, -0.1) is 0 Å². The molecule has 1 atom stereocenters. The Morgan fingerprint density at radius 1 is 1.13 bits per heavy atom. The van der Waals surface area contributed by atoms with Crippen LogP contribution in [0.15, 0.2) is 48.5 Å². The smallest absolute Gasteiger partial charge is 0.231 e. The van der Waals surface area contributed by atoms with Crippen molar-refractivity contribution in [1.82, 2.24) is 15.1 Å². The highest BCUT2D eigenvalue weighted by molar-refractivity contribution is 5.83. The Hall–Kier alpha value is -3.35. The minimum atomic E-state index is -0.362. The van der Waals surface area contributed by atoms with Crippen molar-refractivity contribution >= 4 is 5.91 Å². The number of fused-ring (bicyclic) bond motifs is 1. The number of aromatic nitrogens is 2. The van der Waals surface area contributed by atoms with E-state index >= 15 is 0 Å². The van der Waals surface area contributed by atoms with Crippen LogP contribution in [0, 0.1) is 5.82 Å². The van der Waals surface area contributed by atoms with Crippen LogP contribution >= 0.6 is 0 Å². The molecule has 1 aliphatic heterocycles. The van der Waals surface area contributed by atoms with E-state index in [0.717, 1.165) is 22.6 Å². The third-order valence-electron chi connectivity index (χ3n) is 5.36. The second kappa shape index (κ2) is 8.06. The summed E-state index contributed by atoms with van der Waals surface area (Å²) in [5.41, 5.74) is 3.14. The maximum Gasteiger partial charge on any atom is 0.231 e. The molecule has 31 heavy (non-hydrogen) atoms. The molecule has 1 aliphatic rings. The summed E-state index contributed by atoms with van der Waals surface area (Å²) in [6, 6.07) is 13.7. The topological polar surface area (TPSA) is 65.4 Å². The molecular formula is C24H26FN3O3. The van der Waals surface area contributed by atoms with Crippen LogP contribution in [0.4, 0.5) is 4.39 Å². The van der Waals surface area contributed by atoms with Crippen LogP contribution in [0.3, 0.4) is 0 Å². The maximum atomic E-state index is 13.4. The van der Waals surface area contributed by atoms with Gasteiger partial charge in [-0.2, -0.15) is 5.10 Å². The SMILES string of the molecule is CC(C(=O)NCc1cc(C(C)(C)C)nn1-c1ccc(F)cc1)c1ccc2c(c1)OCO2. The molecule has 0 radical (unpaired) electrons. The monoisotopic (exact) mass is 423 g/mol. The van der Waals surface area contributed by atoms with Crippen LogP contribution in [0.25, 0.3) is 5.69 Å². The minimum absolute atomic E-state index is 0.108. The number of benzene rings is 2. The van der Waals surface area contributed by atoms with E-state index in [9.17, 15) is 9.18 Å². The number of halogens is 1. The fourth-order valence-electron chi connectivity index (χ4n) is 3.38. The van der Waals surface area contributed by atoms with E-state index in [1.807, 2.05) is 31.2 Å². The molecule has 0 saturated heterocycles. The van der Waals surface area contributed by atoms with Crippen LogP contribution < -0.4 is 14.8 Å². The van der Waals surface area contributed by atoms with Gasteiger partial charge in [-0.25, -0.2) is 9.07 Å². The highest BCUT2D eigenvalue weighted by atomic mass is 19.1. The first kappa shape index (κ1) is 20.9. The summed E-state index contributed by atoms with van der Waals surface area (Å²) in [7, 11) is 0. The molecule has 2 heterocycles. The predicted octanol–water partition coefficient (Wildman–Crippen LogP) is 4.46. The Kier molecular flexibility index (Phi) is 5.43. The first-order valence-electron chi connectivity index (χ1n) is 10.2. The highest BCUT2D eigenvalue weighted by Gasteiger charge is 2.23. The lowest BCUT2D eigenvalue weighted by Crippen LogP contribution is -2.28. The Balaban J connectivity index is 1.53. The summed E-state index contributed by atoms with van der Waals surface area (Å²) >= 11 is 0. The molecule has 3 aromatic rings. The van der Waals surface area contributed by atoms with E-state index in [2.05, 4.69) is 26.1 Å². The normalized spacial score (nSPS) is 13.8. The summed E-state index contributed by atoms with van der Waals surface area (Å²) in [5, 5.41) is 7.72. The second-order valence-electron chi connectivity index (χ2n) is 8.71. The molecule has 0 bridgehead atoms. The van der Waals surface area contributed by atoms with Crippen LogP contribution in [0.1, 0.15) is 50.6 Å². The zero-order valence-electron chi connectivity index (χ0n) is 18.1. The van der Waals surface area contributed by atoms with Gasteiger partial charge in [-0.05, 0) is 55.0 Å². The standard InChI is InChI=1S/C24H26FN3O3/c1-15(16-5-10-20-21(11-16)31-14-30-20)23(29)26-13-19-12-22(24(2,3)4)27-28(19)18-8-6-17(25)7-9-18/h5-12,15H,13-14H2,1-4H3,(H,26,29). The fraction of sp³-hybridized carbons (Fsp3) is 0.333. The number of hydrogen-bond donors (Lipinski definition) is 1. The number of rotatable bonds is 5. The van der Waals surface area contributed by atoms with Gasteiger partial charge >= 0.3 is 0 Å². The third kappa shape index (κ3) is 4.40. The molecule has 162 valence electrons. The Morgan fingerprint density at radius 2 is 1.84 bits per heavy atom. The molecule has 0 spiro atoms. The summed E-state index contributed by atoms with van der Waals surface area (Å²) in [5.74, 6) is 0.566. The van der Waals surface area contributed by atoms with Crippen LogP contribution in [0.2, 0.25) is 0 Å². The molecule has 4 rings (SSSR count). The van der Waals surface area contributed by atoms with Crippen molar-refractivity contribution in [1.29, 1.82) is 0 Å². The van der Waals surface area contributed by atoms with Gasteiger partial charge in [0.2, 0.25) is 12.7 Å². The number of ether oxygens (including phenoxy) is 2. The van der Waals surface area contributed by atoms with Gasteiger partial charge in [0.1, 0.15) is 5.82 Å². The van der Waals surface area contributed by atoms with E-state index in [1.54, 1.807) is 16.8 Å². The van der Waals surface area contributed by atoms with E-state index in [-0.39, 0.29) is 29.9 Å². The predicted molar refractivity (Wildman–Crippen MR) is 115 cm³/mol. The van der Waals surface area contributed by atoms with Gasteiger partial charge in [-0.1, -0.05) is 26.8 Å². The molecule has 1 N–H and O–H groups in total. The molecule has 1 aromatic heterocycles. The average molecular weight is 423 g/mol. The van der Waals surface area contributed by atoms with E-state index in [1.165, 1.54) is 12.1 Å². The average Bonchev–Trinajstić information content (AvgIpc) is 3.38. The molecule has 7 heteroatoms. The zero-order valence-corrected chi connectivity index (χ0v) is 18.1. The molecule has 0 aliphatic carbocycles. The van der Waals surface area contributed by atoms with Crippen molar-refractivity contribution in [3.05, 3.63) is 71.3 Å². The van der Waals surface area contributed by atoms with Gasteiger partial charge in [-0.3, -0.25) is 4.79 Å². The number of amides is 1. The van der Waals surface area contributed by atoms with Gasteiger partial charge in [0.05, 0.1) is 29.5 Å². The van der Waals surface area contributed by atoms with E-state index < -0.39 is 0 Å². The van der Waals surface area contributed by atoms with Crippen molar-refractivity contribution < 1.29 is 18.7 Å². The zero-order chi connectivity index (χ0) is 22.2. The first-order chi connectivity index (χ1) is 14.7. The van der Waals surface area contributed by atoms with Gasteiger partial charge in [0, 0.05) is 5.41 Å². The van der Waals surface area contributed by atoms with Crippen molar-refractivity contribution in [3.63, 3.8) is 0 Å². The minimum Gasteiger partial charge on any atom is -0.454 e. The lowest BCUT2D eigenvalue weighted by molar-refractivity contribution is -0.122.